The van der Waals surface area contributed by atoms with Crippen LogP contribution in [0.1, 0.15) is 17.0 Å². The van der Waals surface area contributed by atoms with Gasteiger partial charge in [0.25, 0.3) is 0 Å². The predicted molar refractivity (Wildman–Crippen MR) is 79.1 cm³/mol. The average Bonchev–Trinajstić information content (AvgIpc) is 2.94. The molecule has 1 aromatic carbocycles. The van der Waals surface area contributed by atoms with Crippen LogP contribution in [0.4, 0.5) is 0 Å². The molecule has 0 fully saturated rings. The van der Waals surface area contributed by atoms with E-state index in [1.165, 1.54) is 4.31 Å². The third-order valence-electron chi connectivity index (χ3n) is 3.49. The van der Waals surface area contributed by atoms with Crippen LogP contribution in [-0.2, 0) is 34.7 Å². The zero-order chi connectivity index (χ0) is 14.9. The molecular weight excluding hydrogens is 312 g/mol. The van der Waals surface area contributed by atoms with Gasteiger partial charge in [0.1, 0.15) is 12.2 Å². The highest BCUT2D eigenvalue weighted by atomic mass is 35.5. The third-order valence-corrected chi connectivity index (χ3v) is 5.60. The van der Waals surface area contributed by atoms with Crippen molar-refractivity contribution < 1.29 is 8.42 Å². The molecule has 0 saturated carbocycles. The Morgan fingerprint density at radius 1 is 1.24 bits per heavy atom. The maximum Gasteiger partial charge on any atom is 0.218 e. The summed E-state index contributed by atoms with van der Waals surface area (Å²) in [5, 5.41) is 7.75. The number of hydrogen-bond acceptors (Lipinski definition) is 4. The third kappa shape index (κ3) is 3.09. The van der Waals surface area contributed by atoms with E-state index < -0.39 is 10.0 Å². The monoisotopic (exact) mass is 326 g/mol. The van der Waals surface area contributed by atoms with E-state index in [1.54, 1.807) is 12.4 Å². The lowest BCUT2D eigenvalue weighted by molar-refractivity contribution is 0.335. The van der Waals surface area contributed by atoms with Gasteiger partial charge in [0.15, 0.2) is 0 Å². The fourth-order valence-corrected chi connectivity index (χ4v) is 4.01. The second kappa shape index (κ2) is 5.75. The maximum atomic E-state index is 12.5. The molecule has 3 rings (SSSR count). The molecule has 2 aromatic rings. The minimum atomic E-state index is -3.37. The first-order chi connectivity index (χ1) is 10.1. The summed E-state index contributed by atoms with van der Waals surface area (Å²) in [7, 11) is -3.37. The van der Waals surface area contributed by atoms with E-state index >= 15 is 0 Å². The van der Waals surface area contributed by atoms with Gasteiger partial charge < -0.3 is 4.57 Å². The Labute approximate surface area is 128 Å². The molecule has 21 heavy (non-hydrogen) atoms. The normalized spacial score (nSPS) is 15.9. The van der Waals surface area contributed by atoms with Gasteiger partial charge in [-0.15, -0.1) is 21.8 Å². The van der Waals surface area contributed by atoms with Crippen LogP contribution in [0.3, 0.4) is 0 Å². The van der Waals surface area contributed by atoms with Gasteiger partial charge in [-0.3, -0.25) is 0 Å². The maximum absolute atomic E-state index is 12.5. The first-order valence-corrected chi connectivity index (χ1v) is 8.71. The lowest BCUT2D eigenvalue weighted by Crippen LogP contribution is -2.38. The predicted octanol–water partition coefficient (Wildman–Crippen LogP) is 1.36. The second-order valence-electron chi connectivity index (χ2n) is 4.98. The lowest BCUT2D eigenvalue weighted by Gasteiger charge is -2.26. The number of alkyl halides is 1. The number of halogens is 1. The van der Waals surface area contributed by atoms with E-state index in [9.17, 15) is 8.42 Å². The Balaban J connectivity index is 1.78. The summed E-state index contributed by atoms with van der Waals surface area (Å²) in [6, 6.07) is 7.35. The van der Waals surface area contributed by atoms with Crippen molar-refractivity contribution in [2.24, 2.45) is 0 Å². The fraction of sp³-hybridized carbons (Fsp3) is 0.385. The summed E-state index contributed by atoms with van der Waals surface area (Å²) < 4.78 is 28.4. The molecule has 0 aliphatic carbocycles. The van der Waals surface area contributed by atoms with Gasteiger partial charge in [0.05, 0.1) is 12.3 Å². The van der Waals surface area contributed by atoms with Gasteiger partial charge in [0, 0.05) is 19.0 Å². The fourth-order valence-electron chi connectivity index (χ4n) is 2.39. The summed E-state index contributed by atoms with van der Waals surface area (Å²) in [5.41, 5.74) is 1.67. The number of nitrogens with zero attached hydrogens (tertiary/aromatic N) is 4. The van der Waals surface area contributed by atoms with E-state index in [1.807, 2.05) is 22.8 Å². The minimum absolute atomic E-state index is 0.0220. The molecule has 0 N–H and O–H groups in total. The average molecular weight is 327 g/mol. The van der Waals surface area contributed by atoms with E-state index in [4.69, 9.17) is 11.6 Å². The van der Waals surface area contributed by atoms with Gasteiger partial charge >= 0.3 is 0 Å². The van der Waals surface area contributed by atoms with Crippen molar-refractivity contribution in [3.63, 3.8) is 0 Å². The molecule has 8 heteroatoms. The summed E-state index contributed by atoms with van der Waals surface area (Å²) in [6.07, 6.45) is 1.63. The summed E-state index contributed by atoms with van der Waals surface area (Å²) in [5.74, 6) is 1.03. The van der Waals surface area contributed by atoms with Crippen molar-refractivity contribution in [1.82, 2.24) is 19.1 Å². The van der Waals surface area contributed by atoms with Crippen molar-refractivity contribution >= 4 is 21.6 Å². The molecule has 0 amide bonds. The largest absolute Gasteiger partial charge is 0.315 e. The summed E-state index contributed by atoms with van der Waals surface area (Å²) >= 11 is 5.78. The Hall–Kier alpha value is -1.44. The second-order valence-corrected chi connectivity index (χ2v) is 7.22. The number of aromatic nitrogens is 3. The van der Waals surface area contributed by atoms with Crippen molar-refractivity contribution in [3.8, 4) is 0 Å². The Morgan fingerprint density at radius 3 is 2.86 bits per heavy atom. The zero-order valence-corrected chi connectivity index (χ0v) is 12.9. The highest BCUT2D eigenvalue weighted by molar-refractivity contribution is 7.88. The number of benzene rings is 1. The molecule has 6 nitrogen and oxygen atoms in total. The molecule has 1 aliphatic heterocycles. The SMILES string of the molecule is O=S(=O)(Cc1cccc(CCl)c1)N1CCn2cnnc2C1. The van der Waals surface area contributed by atoms with Crippen LogP contribution >= 0.6 is 11.6 Å². The molecule has 0 radical (unpaired) electrons. The topological polar surface area (TPSA) is 68.1 Å². The van der Waals surface area contributed by atoms with Crippen LogP contribution in [0, 0.1) is 0 Å². The van der Waals surface area contributed by atoms with Crippen LogP contribution in [0.15, 0.2) is 30.6 Å². The molecule has 0 atom stereocenters. The highest BCUT2D eigenvalue weighted by Crippen LogP contribution is 2.18. The van der Waals surface area contributed by atoms with Gasteiger partial charge in [-0.05, 0) is 11.1 Å². The van der Waals surface area contributed by atoms with Crippen molar-refractivity contribution in [1.29, 1.82) is 0 Å². The smallest absolute Gasteiger partial charge is 0.218 e. The molecule has 0 saturated heterocycles. The van der Waals surface area contributed by atoms with E-state index in [-0.39, 0.29) is 12.3 Å². The highest BCUT2D eigenvalue weighted by Gasteiger charge is 2.27. The standard InChI is InChI=1S/C13H15ClN4O2S/c14-7-11-2-1-3-12(6-11)9-21(19,20)18-5-4-17-10-15-16-13(17)8-18/h1-3,6,10H,4-5,7-9H2. The number of sulfonamides is 1. The van der Waals surface area contributed by atoms with Gasteiger partial charge in [-0.2, -0.15) is 4.31 Å². The summed E-state index contributed by atoms with van der Waals surface area (Å²) in [6.45, 7) is 1.31. The molecule has 0 unspecified atom stereocenters. The van der Waals surface area contributed by atoms with E-state index in [0.29, 0.717) is 24.8 Å². The van der Waals surface area contributed by atoms with Gasteiger partial charge in [-0.1, -0.05) is 24.3 Å². The van der Waals surface area contributed by atoms with Gasteiger partial charge in [-0.25, -0.2) is 8.42 Å². The molecule has 1 aromatic heterocycles. The van der Waals surface area contributed by atoms with Crippen LogP contribution in [0.25, 0.3) is 0 Å². The van der Waals surface area contributed by atoms with Crippen molar-refractivity contribution in [2.75, 3.05) is 6.54 Å². The Bertz CT molecular complexity index is 744. The molecule has 2 heterocycles. The number of hydrogen-bond donors (Lipinski definition) is 0. The van der Waals surface area contributed by atoms with Crippen molar-refractivity contribution in [3.05, 3.63) is 47.5 Å². The van der Waals surface area contributed by atoms with E-state index in [2.05, 4.69) is 10.2 Å². The number of fused-ring (bicyclic) bond motifs is 1. The Kier molecular flexibility index (Phi) is 3.97. The summed E-state index contributed by atoms with van der Waals surface area (Å²) in [4.78, 5) is 0. The molecular formula is C13H15ClN4O2S. The van der Waals surface area contributed by atoms with Gasteiger partial charge in [0.2, 0.25) is 10.0 Å². The molecule has 0 spiro atoms. The minimum Gasteiger partial charge on any atom is -0.315 e. The van der Waals surface area contributed by atoms with Crippen molar-refractivity contribution in [2.45, 2.75) is 24.7 Å². The quantitative estimate of drug-likeness (QED) is 0.796. The molecule has 0 bridgehead atoms. The number of rotatable bonds is 4. The Morgan fingerprint density at radius 2 is 2.05 bits per heavy atom. The molecule has 1 aliphatic rings. The first-order valence-electron chi connectivity index (χ1n) is 6.57. The molecule has 112 valence electrons. The first kappa shape index (κ1) is 14.5. The van der Waals surface area contributed by atoms with Crippen LogP contribution in [0.2, 0.25) is 0 Å². The lowest BCUT2D eigenvalue weighted by atomic mass is 10.2. The van der Waals surface area contributed by atoms with E-state index in [0.717, 1.165) is 11.1 Å². The van der Waals surface area contributed by atoms with Crippen LogP contribution in [-0.4, -0.2) is 34.0 Å². The zero-order valence-electron chi connectivity index (χ0n) is 11.3. The van der Waals surface area contributed by atoms with Crippen LogP contribution < -0.4 is 0 Å². The van der Waals surface area contributed by atoms with Crippen LogP contribution in [0.5, 0.6) is 0 Å².